The Balaban J connectivity index is 2.60. The van der Waals surface area contributed by atoms with Gasteiger partial charge >= 0.3 is 5.97 Å². The number of hydrogen-bond donors (Lipinski definition) is 3. The fraction of sp³-hybridized carbons (Fsp3) is 0.125. The first kappa shape index (κ1) is 10.7. The minimum atomic E-state index is -1.72. The molecule has 6 heteroatoms. The third kappa shape index (κ3) is 3.15. The normalized spacial score (nSPS) is 12.1. The second-order valence-electron chi connectivity index (χ2n) is 2.50. The van der Waals surface area contributed by atoms with Gasteiger partial charge in [0, 0.05) is 0 Å². The lowest BCUT2D eigenvalue weighted by Crippen LogP contribution is -2.22. The summed E-state index contributed by atoms with van der Waals surface area (Å²) >= 11 is -1.72. The summed E-state index contributed by atoms with van der Waals surface area (Å²) in [5, 5.41) is 17.6. The summed E-state index contributed by atoms with van der Waals surface area (Å²) in [5.74, 6) is -1.73. The molecule has 0 fully saturated rings. The molecular weight excluding hydrogens is 206 g/mol. The van der Waals surface area contributed by atoms with Gasteiger partial charge in [-0.1, -0.05) is 12.1 Å². The maximum atomic E-state index is 11.1. The molecule has 1 rings (SSSR count). The van der Waals surface area contributed by atoms with Crippen molar-refractivity contribution < 1.29 is 19.6 Å². The highest BCUT2D eigenvalue weighted by Gasteiger charge is 2.13. The second kappa shape index (κ2) is 4.73. The number of aliphatic carboxylic acids is 1. The van der Waals surface area contributed by atoms with Crippen LogP contribution in [0, 0.1) is 0 Å². The Bertz CT molecular complexity index is 331. The number of rotatable bonds is 4. The first-order valence-electron chi connectivity index (χ1n) is 3.74. The van der Waals surface area contributed by atoms with Crippen molar-refractivity contribution in [2.24, 2.45) is 0 Å². The van der Waals surface area contributed by atoms with Crippen LogP contribution in [0.15, 0.2) is 24.3 Å². The van der Waals surface area contributed by atoms with Crippen molar-refractivity contribution in [2.75, 3.05) is 10.5 Å². The summed E-state index contributed by atoms with van der Waals surface area (Å²) in [6, 6.07) is 6.18. The number of carboxylic acid groups (broad SMARTS) is 1. The van der Waals surface area contributed by atoms with E-state index in [2.05, 4.69) is 4.72 Å². The van der Waals surface area contributed by atoms with E-state index in [4.69, 9.17) is 5.11 Å². The number of para-hydroxylation sites is 2. The number of nitrogens with one attached hydrogen (secondary N) is 1. The maximum Gasteiger partial charge on any atom is 0.356 e. The molecule has 0 spiro atoms. The van der Waals surface area contributed by atoms with Crippen molar-refractivity contribution >= 4 is 23.0 Å². The number of hydrogen-bond acceptors (Lipinski definition) is 4. The van der Waals surface area contributed by atoms with Gasteiger partial charge in [-0.15, -0.1) is 0 Å². The van der Waals surface area contributed by atoms with Crippen LogP contribution in [0.5, 0.6) is 5.75 Å². The molecule has 3 N–H and O–H groups in total. The Morgan fingerprint density at radius 1 is 1.50 bits per heavy atom. The van der Waals surface area contributed by atoms with Crippen LogP contribution in [0.2, 0.25) is 0 Å². The van der Waals surface area contributed by atoms with Gasteiger partial charge < -0.3 is 14.8 Å². The van der Waals surface area contributed by atoms with Crippen molar-refractivity contribution in [1.82, 2.24) is 0 Å². The van der Waals surface area contributed by atoms with E-state index in [1.807, 2.05) is 0 Å². The Morgan fingerprint density at radius 3 is 2.71 bits per heavy atom. The fourth-order valence-electron chi connectivity index (χ4n) is 0.831. The van der Waals surface area contributed by atoms with Crippen LogP contribution in [0.4, 0.5) is 5.69 Å². The van der Waals surface area contributed by atoms with Crippen LogP contribution in [0.1, 0.15) is 0 Å². The topological polar surface area (TPSA) is 92.6 Å². The van der Waals surface area contributed by atoms with Crippen molar-refractivity contribution in [3.63, 3.8) is 0 Å². The highest BCUT2D eigenvalue weighted by Crippen LogP contribution is 2.22. The van der Waals surface area contributed by atoms with E-state index >= 15 is 0 Å². The van der Waals surface area contributed by atoms with Gasteiger partial charge in [0.1, 0.15) is 11.4 Å². The molecule has 0 heterocycles. The van der Waals surface area contributed by atoms with E-state index < -0.39 is 23.1 Å². The van der Waals surface area contributed by atoms with E-state index in [1.54, 1.807) is 12.1 Å². The quantitative estimate of drug-likeness (QED) is 0.504. The van der Waals surface area contributed by atoms with E-state index in [1.165, 1.54) is 12.1 Å². The molecule has 0 aliphatic carbocycles. The average molecular weight is 215 g/mol. The van der Waals surface area contributed by atoms with Crippen molar-refractivity contribution in [2.45, 2.75) is 0 Å². The monoisotopic (exact) mass is 215 g/mol. The third-order valence-electron chi connectivity index (χ3n) is 1.38. The molecule has 0 saturated heterocycles. The smallest absolute Gasteiger partial charge is 0.356 e. The van der Waals surface area contributed by atoms with E-state index in [0.717, 1.165) is 0 Å². The summed E-state index contributed by atoms with van der Waals surface area (Å²) in [7, 11) is 0. The van der Waals surface area contributed by atoms with Crippen LogP contribution in [-0.4, -0.2) is 26.5 Å². The van der Waals surface area contributed by atoms with Crippen LogP contribution in [0.3, 0.4) is 0 Å². The van der Waals surface area contributed by atoms with Gasteiger partial charge in [-0.2, -0.15) is 0 Å². The number of carboxylic acids is 1. The summed E-state index contributed by atoms with van der Waals surface area (Å²) in [6.07, 6.45) is 0. The summed E-state index contributed by atoms with van der Waals surface area (Å²) in [6.45, 7) is 0. The lowest BCUT2D eigenvalue weighted by molar-refractivity contribution is -0.134. The van der Waals surface area contributed by atoms with Gasteiger partial charge in [0.25, 0.3) is 0 Å². The van der Waals surface area contributed by atoms with Crippen LogP contribution >= 0.6 is 0 Å². The van der Waals surface area contributed by atoms with E-state index in [-0.39, 0.29) is 11.4 Å². The molecule has 14 heavy (non-hydrogen) atoms. The zero-order valence-corrected chi connectivity index (χ0v) is 7.95. The van der Waals surface area contributed by atoms with Crippen molar-refractivity contribution in [3.8, 4) is 5.75 Å². The van der Waals surface area contributed by atoms with Gasteiger partial charge in [-0.05, 0) is 12.1 Å². The van der Waals surface area contributed by atoms with Crippen LogP contribution < -0.4 is 4.72 Å². The molecule has 1 aromatic carbocycles. The first-order valence-corrected chi connectivity index (χ1v) is 5.06. The van der Waals surface area contributed by atoms with Crippen LogP contribution in [-0.2, 0) is 16.2 Å². The molecule has 1 aromatic rings. The highest BCUT2D eigenvalue weighted by atomic mass is 32.2. The summed E-state index contributed by atoms with van der Waals surface area (Å²) in [5.41, 5.74) is 0.257. The fourth-order valence-corrected chi connectivity index (χ4v) is 1.55. The third-order valence-corrected chi connectivity index (χ3v) is 2.34. The molecular formula is C8H9NO4S. The zero-order valence-electron chi connectivity index (χ0n) is 7.14. The molecule has 0 aliphatic heterocycles. The number of benzene rings is 1. The van der Waals surface area contributed by atoms with Gasteiger partial charge in [0.05, 0.1) is 11.4 Å². The molecule has 0 bridgehead atoms. The molecule has 0 aliphatic rings. The lowest BCUT2D eigenvalue weighted by atomic mass is 10.3. The molecule has 76 valence electrons. The number of phenols is 1. The Kier molecular flexibility index (Phi) is 3.61. The minimum absolute atomic E-state index is 0.0637. The SMILES string of the molecule is O=C(O)C[S+]([O-])Nc1ccccc1O. The van der Waals surface area contributed by atoms with Gasteiger partial charge in [0.2, 0.25) is 5.75 Å². The molecule has 0 saturated carbocycles. The number of carbonyl (C=O) groups is 1. The molecule has 1 atom stereocenters. The largest absolute Gasteiger partial charge is 0.593 e. The zero-order chi connectivity index (χ0) is 10.6. The molecule has 5 nitrogen and oxygen atoms in total. The average Bonchev–Trinajstić information content (AvgIpc) is 2.07. The lowest BCUT2D eigenvalue weighted by Gasteiger charge is -2.10. The molecule has 0 radical (unpaired) electrons. The number of aromatic hydroxyl groups is 1. The van der Waals surface area contributed by atoms with E-state index in [9.17, 15) is 14.5 Å². The number of phenolic OH excluding ortho intramolecular Hbond substituents is 1. The second-order valence-corrected chi connectivity index (χ2v) is 3.69. The molecule has 0 amide bonds. The predicted molar refractivity (Wildman–Crippen MR) is 52.4 cm³/mol. The highest BCUT2D eigenvalue weighted by molar-refractivity contribution is 7.93. The number of anilines is 1. The minimum Gasteiger partial charge on any atom is -0.593 e. The summed E-state index contributed by atoms with van der Waals surface area (Å²) in [4.78, 5) is 10.2. The van der Waals surface area contributed by atoms with Gasteiger partial charge in [0.15, 0.2) is 0 Å². The maximum absolute atomic E-state index is 11.1. The Labute approximate surface area is 83.7 Å². The van der Waals surface area contributed by atoms with Gasteiger partial charge in [-0.25, -0.2) is 9.52 Å². The van der Waals surface area contributed by atoms with Crippen molar-refractivity contribution in [3.05, 3.63) is 24.3 Å². The molecule has 1 unspecified atom stereocenters. The summed E-state index contributed by atoms with van der Waals surface area (Å²) < 4.78 is 13.5. The predicted octanol–water partition coefficient (Wildman–Crippen LogP) is 0.552. The van der Waals surface area contributed by atoms with E-state index in [0.29, 0.717) is 0 Å². The Hall–Kier alpha value is -1.40. The standard InChI is InChI=1S/C8H9NO4S/c10-7-4-2-1-3-6(7)9-14(13)5-8(11)12/h1-4,9-10H,5H2,(H,11,12). The Morgan fingerprint density at radius 2 is 2.14 bits per heavy atom. The first-order chi connectivity index (χ1) is 6.59. The molecule has 0 aromatic heterocycles. The van der Waals surface area contributed by atoms with Crippen molar-refractivity contribution in [1.29, 1.82) is 0 Å². The van der Waals surface area contributed by atoms with Gasteiger partial charge in [-0.3, -0.25) is 0 Å². The van der Waals surface area contributed by atoms with Crippen LogP contribution in [0.25, 0.3) is 0 Å².